The van der Waals surface area contributed by atoms with E-state index < -0.39 is 0 Å². The van der Waals surface area contributed by atoms with Crippen LogP contribution in [-0.2, 0) is 13.1 Å². The second-order valence-electron chi connectivity index (χ2n) is 4.56. The highest BCUT2D eigenvalue weighted by molar-refractivity contribution is 9.10. The van der Waals surface area contributed by atoms with E-state index in [1.165, 1.54) is 5.56 Å². The summed E-state index contributed by atoms with van der Waals surface area (Å²) in [6.45, 7) is 2.80. The van der Waals surface area contributed by atoms with Gasteiger partial charge in [-0.3, -0.25) is 4.98 Å². The van der Waals surface area contributed by atoms with Gasteiger partial charge in [0, 0.05) is 25.5 Å². The second-order valence-corrected chi connectivity index (χ2v) is 5.42. The summed E-state index contributed by atoms with van der Waals surface area (Å²) in [5, 5.41) is 3.41. The van der Waals surface area contributed by atoms with E-state index in [9.17, 15) is 0 Å². The van der Waals surface area contributed by atoms with Crippen molar-refractivity contribution in [2.75, 3.05) is 13.2 Å². The van der Waals surface area contributed by atoms with E-state index in [-0.39, 0.29) is 0 Å². The first-order valence-electron chi connectivity index (χ1n) is 6.50. The van der Waals surface area contributed by atoms with E-state index in [1.54, 1.807) is 12.4 Å². The minimum atomic E-state index is 0.602. The molecule has 0 atom stereocenters. The summed E-state index contributed by atoms with van der Waals surface area (Å²) >= 11 is 3.53. The van der Waals surface area contributed by atoms with Gasteiger partial charge in [-0.05, 0) is 51.3 Å². The van der Waals surface area contributed by atoms with Gasteiger partial charge in [0.25, 0.3) is 0 Å². The smallest absolute Gasteiger partial charge is 0.175 e. The standard InChI is InChI=1S/C15H15BrN2O2/c16-13-7-12(8-14-15(13)20-6-5-19-14)10-18-9-11-1-3-17-4-2-11/h1-4,7-8,18H,5-6,9-10H2. The van der Waals surface area contributed by atoms with Crippen molar-refractivity contribution in [3.8, 4) is 11.5 Å². The Kier molecular flexibility index (Phi) is 4.18. The molecule has 1 aliphatic heterocycles. The molecule has 0 radical (unpaired) electrons. The predicted octanol–water partition coefficient (Wildman–Crippen LogP) is 2.91. The molecule has 1 aromatic carbocycles. The van der Waals surface area contributed by atoms with Crippen LogP contribution in [0.1, 0.15) is 11.1 Å². The fraction of sp³-hybridized carbons (Fsp3) is 0.267. The van der Waals surface area contributed by atoms with Gasteiger partial charge in [0.1, 0.15) is 13.2 Å². The average molecular weight is 335 g/mol. The maximum Gasteiger partial charge on any atom is 0.175 e. The molecule has 1 aliphatic rings. The molecule has 0 unspecified atom stereocenters. The van der Waals surface area contributed by atoms with Crippen LogP contribution in [0, 0.1) is 0 Å². The first-order valence-corrected chi connectivity index (χ1v) is 7.30. The zero-order valence-corrected chi connectivity index (χ0v) is 12.5. The SMILES string of the molecule is Brc1cc(CNCc2ccncc2)cc2c1OCCO2. The number of pyridine rings is 1. The quantitative estimate of drug-likeness (QED) is 0.933. The van der Waals surface area contributed by atoms with Crippen LogP contribution >= 0.6 is 15.9 Å². The Morgan fingerprint density at radius 1 is 1.05 bits per heavy atom. The highest BCUT2D eigenvalue weighted by atomic mass is 79.9. The fourth-order valence-corrected chi connectivity index (χ4v) is 2.72. The monoisotopic (exact) mass is 334 g/mol. The van der Waals surface area contributed by atoms with Crippen LogP contribution in [0.2, 0.25) is 0 Å². The van der Waals surface area contributed by atoms with Crippen LogP contribution in [-0.4, -0.2) is 18.2 Å². The molecule has 0 amide bonds. The van der Waals surface area contributed by atoms with Crippen molar-refractivity contribution in [1.29, 1.82) is 0 Å². The van der Waals surface area contributed by atoms with Gasteiger partial charge in [-0.2, -0.15) is 0 Å². The minimum absolute atomic E-state index is 0.602. The van der Waals surface area contributed by atoms with Crippen LogP contribution in [0.5, 0.6) is 11.5 Å². The van der Waals surface area contributed by atoms with Crippen molar-refractivity contribution in [2.24, 2.45) is 0 Å². The van der Waals surface area contributed by atoms with Gasteiger partial charge in [0.05, 0.1) is 4.47 Å². The Morgan fingerprint density at radius 2 is 1.80 bits per heavy atom. The number of nitrogens with one attached hydrogen (secondary N) is 1. The maximum atomic E-state index is 5.62. The van der Waals surface area contributed by atoms with Gasteiger partial charge in [0.15, 0.2) is 11.5 Å². The third kappa shape index (κ3) is 3.11. The van der Waals surface area contributed by atoms with E-state index in [4.69, 9.17) is 9.47 Å². The summed E-state index contributed by atoms with van der Waals surface area (Å²) in [7, 11) is 0. The Bertz CT molecular complexity index is 590. The highest BCUT2D eigenvalue weighted by Crippen LogP contribution is 2.38. The lowest BCUT2D eigenvalue weighted by Crippen LogP contribution is -2.17. The molecule has 2 heterocycles. The number of hydrogen-bond donors (Lipinski definition) is 1. The molecule has 4 nitrogen and oxygen atoms in total. The minimum Gasteiger partial charge on any atom is -0.486 e. The Morgan fingerprint density at radius 3 is 2.65 bits per heavy atom. The average Bonchev–Trinajstić information content (AvgIpc) is 2.48. The molecule has 2 aromatic rings. The van der Waals surface area contributed by atoms with Crippen LogP contribution < -0.4 is 14.8 Å². The van der Waals surface area contributed by atoms with Gasteiger partial charge in [-0.15, -0.1) is 0 Å². The number of ether oxygens (including phenoxy) is 2. The largest absolute Gasteiger partial charge is 0.486 e. The molecule has 0 saturated heterocycles. The fourth-order valence-electron chi connectivity index (χ4n) is 2.12. The van der Waals surface area contributed by atoms with Gasteiger partial charge in [-0.1, -0.05) is 0 Å². The van der Waals surface area contributed by atoms with Crippen molar-refractivity contribution < 1.29 is 9.47 Å². The summed E-state index contributed by atoms with van der Waals surface area (Å²) < 4.78 is 12.1. The zero-order chi connectivity index (χ0) is 13.8. The molecule has 0 aliphatic carbocycles. The lowest BCUT2D eigenvalue weighted by Gasteiger charge is -2.20. The molecule has 20 heavy (non-hydrogen) atoms. The molecule has 0 bridgehead atoms. The molecule has 5 heteroatoms. The Labute approximate surface area is 126 Å². The van der Waals surface area contributed by atoms with E-state index in [2.05, 4.69) is 32.3 Å². The highest BCUT2D eigenvalue weighted by Gasteiger charge is 2.16. The van der Waals surface area contributed by atoms with E-state index >= 15 is 0 Å². The van der Waals surface area contributed by atoms with Crippen molar-refractivity contribution in [1.82, 2.24) is 10.3 Å². The number of hydrogen-bond acceptors (Lipinski definition) is 4. The molecule has 0 fully saturated rings. The van der Waals surface area contributed by atoms with Crippen LogP contribution in [0.3, 0.4) is 0 Å². The summed E-state index contributed by atoms with van der Waals surface area (Å²) in [6, 6.07) is 8.10. The van der Waals surface area contributed by atoms with Gasteiger partial charge in [0.2, 0.25) is 0 Å². The van der Waals surface area contributed by atoms with Crippen molar-refractivity contribution in [2.45, 2.75) is 13.1 Å². The van der Waals surface area contributed by atoms with Crippen molar-refractivity contribution in [3.05, 3.63) is 52.3 Å². The topological polar surface area (TPSA) is 43.4 Å². The molecule has 3 rings (SSSR count). The number of rotatable bonds is 4. The summed E-state index contributed by atoms with van der Waals surface area (Å²) in [5.41, 5.74) is 2.38. The lowest BCUT2D eigenvalue weighted by atomic mass is 10.2. The van der Waals surface area contributed by atoms with Gasteiger partial charge >= 0.3 is 0 Å². The number of halogens is 1. The normalized spacial score (nSPS) is 13.2. The van der Waals surface area contributed by atoms with Gasteiger partial charge in [-0.25, -0.2) is 0 Å². The predicted molar refractivity (Wildman–Crippen MR) is 79.9 cm³/mol. The van der Waals surface area contributed by atoms with Crippen molar-refractivity contribution in [3.63, 3.8) is 0 Å². The molecular formula is C15H15BrN2O2. The van der Waals surface area contributed by atoms with Crippen LogP contribution in [0.25, 0.3) is 0 Å². The maximum absolute atomic E-state index is 5.62. The lowest BCUT2D eigenvalue weighted by molar-refractivity contribution is 0.170. The number of nitrogens with zero attached hydrogens (tertiary/aromatic N) is 1. The summed E-state index contributed by atoms with van der Waals surface area (Å²) in [6.07, 6.45) is 3.61. The third-order valence-corrected chi connectivity index (χ3v) is 3.65. The van der Waals surface area contributed by atoms with Crippen molar-refractivity contribution >= 4 is 15.9 Å². The Hall–Kier alpha value is -1.59. The van der Waals surface area contributed by atoms with E-state index in [1.807, 2.05) is 18.2 Å². The second kappa shape index (κ2) is 6.24. The van der Waals surface area contributed by atoms with Crippen LogP contribution in [0.15, 0.2) is 41.1 Å². The summed E-state index contributed by atoms with van der Waals surface area (Å²) in [4.78, 5) is 4.01. The molecule has 1 N–H and O–H groups in total. The molecule has 0 spiro atoms. The zero-order valence-electron chi connectivity index (χ0n) is 10.9. The Balaban J connectivity index is 1.64. The third-order valence-electron chi connectivity index (χ3n) is 3.06. The van der Waals surface area contributed by atoms with Gasteiger partial charge < -0.3 is 14.8 Å². The molecular weight excluding hydrogens is 320 g/mol. The van der Waals surface area contributed by atoms with E-state index in [0.717, 1.165) is 34.6 Å². The number of fused-ring (bicyclic) bond motifs is 1. The first kappa shape index (κ1) is 13.4. The summed E-state index contributed by atoms with van der Waals surface area (Å²) in [5.74, 6) is 1.61. The number of aromatic nitrogens is 1. The molecule has 1 aromatic heterocycles. The molecule has 104 valence electrons. The first-order chi connectivity index (χ1) is 9.83. The number of benzene rings is 1. The molecule has 0 saturated carbocycles. The van der Waals surface area contributed by atoms with E-state index in [0.29, 0.717) is 13.2 Å². The van der Waals surface area contributed by atoms with Crippen LogP contribution in [0.4, 0.5) is 0 Å².